The normalized spacial score (nSPS) is 30.0. The molecule has 31 heavy (non-hydrogen) atoms. The van der Waals surface area contributed by atoms with Crippen molar-refractivity contribution < 1.29 is 4.57 Å². The molecule has 2 heterocycles. The van der Waals surface area contributed by atoms with Gasteiger partial charge in [-0.25, -0.2) is 0 Å². The molecule has 4 rings (SSSR count). The van der Waals surface area contributed by atoms with E-state index < -0.39 is 0 Å². The maximum atomic E-state index is 2.65. The van der Waals surface area contributed by atoms with Crippen molar-refractivity contribution in [3.8, 4) is 11.3 Å². The summed E-state index contributed by atoms with van der Waals surface area (Å²) in [6, 6.07) is 12.0. The van der Waals surface area contributed by atoms with Crippen LogP contribution in [0.4, 0.5) is 0 Å². The van der Waals surface area contributed by atoms with Gasteiger partial charge in [-0.3, -0.25) is 0 Å². The highest BCUT2D eigenvalue weighted by Gasteiger charge is 2.57. The third-order valence-electron chi connectivity index (χ3n) is 9.30. The minimum atomic E-state index is 0.0588. The molecule has 0 bridgehead atoms. The van der Waals surface area contributed by atoms with E-state index in [1.807, 2.05) is 0 Å². The van der Waals surface area contributed by atoms with E-state index in [2.05, 4.69) is 110 Å². The molecule has 168 valence electrons. The lowest BCUT2D eigenvalue weighted by Gasteiger charge is -2.47. The summed E-state index contributed by atoms with van der Waals surface area (Å²) in [6.07, 6.45) is 7.03. The molecule has 1 aliphatic carbocycles. The Morgan fingerprint density at radius 2 is 1.32 bits per heavy atom. The molecule has 1 aromatic carbocycles. The monoisotopic (exact) mass is 418 g/mol. The summed E-state index contributed by atoms with van der Waals surface area (Å²) >= 11 is 0. The number of aromatic nitrogens is 1. The second kappa shape index (κ2) is 6.69. The number of benzene rings is 1. The van der Waals surface area contributed by atoms with Gasteiger partial charge in [0, 0.05) is 25.5 Å². The molecule has 0 spiro atoms. The molecule has 2 unspecified atom stereocenters. The van der Waals surface area contributed by atoms with E-state index in [0.29, 0.717) is 5.41 Å². The highest BCUT2D eigenvalue weighted by Crippen LogP contribution is 2.55. The van der Waals surface area contributed by atoms with Crippen molar-refractivity contribution >= 4 is 0 Å². The molecular weight excluding hydrogens is 374 g/mol. The number of hydrogen-bond donors (Lipinski definition) is 0. The van der Waals surface area contributed by atoms with E-state index in [0.717, 1.165) is 12.8 Å². The average Bonchev–Trinajstić information content (AvgIpc) is 2.74. The molecule has 0 saturated heterocycles. The first kappa shape index (κ1) is 22.6. The summed E-state index contributed by atoms with van der Waals surface area (Å²) in [5.41, 5.74) is 8.36. The zero-order valence-electron chi connectivity index (χ0n) is 21.7. The van der Waals surface area contributed by atoms with Gasteiger partial charge in [0.05, 0.1) is 11.0 Å². The zero-order chi connectivity index (χ0) is 23.0. The minimum Gasteiger partial charge on any atom is -0.192 e. The Hall–Kier alpha value is -1.63. The van der Waals surface area contributed by atoms with Gasteiger partial charge in [-0.05, 0) is 71.3 Å². The van der Waals surface area contributed by atoms with Crippen LogP contribution in [0.1, 0.15) is 112 Å². The molecule has 1 heteroatoms. The van der Waals surface area contributed by atoms with Crippen molar-refractivity contribution in [3.05, 3.63) is 53.2 Å². The van der Waals surface area contributed by atoms with Crippen LogP contribution in [0.5, 0.6) is 0 Å². The lowest BCUT2D eigenvalue weighted by molar-refractivity contribution is -0.765. The van der Waals surface area contributed by atoms with Crippen molar-refractivity contribution in [3.63, 3.8) is 0 Å². The van der Waals surface area contributed by atoms with Gasteiger partial charge in [-0.2, -0.15) is 4.57 Å². The number of rotatable bonds is 2. The van der Waals surface area contributed by atoms with Gasteiger partial charge in [0.25, 0.3) is 0 Å². The van der Waals surface area contributed by atoms with Crippen LogP contribution in [-0.4, -0.2) is 0 Å². The maximum Gasteiger partial charge on any atom is 0.213 e. The number of pyridine rings is 1. The fraction of sp³-hybridized carbons (Fsp3) is 0.633. The Morgan fingerprint density at radius 3 is 1.87 bits per heavy atom. The van der Waals surface area contributed by atoms with Gasteiger partial charge in [-0.1, -0.05) is 61.5 Å². The lowest BCUT2D eigenvalue weighted by atomic mass is 9.59. The Kier molecular flexibility index (Phi) is 4.87. The largest absolute Gasteiger partial charge is 0.213 e. The van der Waals surface area contributed by atoms with E-state index in [-0.39, 0.29) is 21.8 Å². The third kappa shape index (κ3) is 3.05. The van der Waals surface area contributed by atoms with Crippen molar-refractivity contribution in [1.29, 1.82) is 0 Å². The Balaban J connectivity index is 2.13. The van der Waals surface area contributed by atoms with Crippen molar-refractivity contribution in [1.82, 2.24) is 0 Å². The van der Waals surface area contributed by atoms with Gasteiger partial charge in [0.1, 0.15) is 0 Å². The fourth-order valence-electron chi connectivity index (χ4n) is 7.81. The smallest absolute Gasteiger partial charge is 0.192 e. The van der Waals surface area contributed by atoms with E-state index in [4.69, 9.17) is 0 Å². The van der Waals surface area contributed by atoms with Gasteiger partial charge in [0.2, 0.25) is 5.69 Å². The van der Waals surface area contributed by atoms with Crippen LogP contribution in [0, 0.1) is 5.41 Å². The maximum absolute atomic E-state index is 2.65. The molecule has 0 fully saturated rings. The van der Waals surface area contributed by atoms with Crippen molar-refractivity contribution in [2.75, 3.05) is 0 Å². The molecule has 1 nitrogen and oxygen atoms in total. The Bertz CT molecular complexity index is 1020. The van der Waals surface area contributed by atoms with Crippen molar-refractivity contribution in [2.24, 2.45) is 5.41 Å². The molecule has 2 aliphatic rings. The van der Waals surface area contributed by atoms with Crippen LogP contribution in [-0.2, 0) is 21.8 Å². The van der Waals surface area contributed by atoms with Gasteiger partial charge in [0.15, 0.2) is 11.7 Å². The molecule has 0 radical (unpaired) electrons. The van der Waals surface area contributed by atoms with Crippen LogP contribution in [0.2, 0.25) is 0 Å². The number of hydrogen-bond acceptors (Lipinski definition) is 0. The third-order valence-corrected chi connectivity index (χ3v) is 9.30. The molecule has 0 saturated carbocycles. The summed E-state index contributed by atoms with van der Waals surface area (Å²) in [6.45, 7) is 24.6. The summed E-state index contributed by atoms with van der Waals surface area (Å²) in [7, 11) is 0. The fourth-order valence-corrected chi connectivity index (χ4v) is 7.81. The predicted molar refractivity (Wildman–Crippen MR) is 133 cm³/mol. The van der Waals surface area contributed by atoms with Gasteiger partial charge >= 0.3 is 0 Å². The lowest BCUT2D eigenvalue weighted by Crippen LogP contribution is -2.67. The quantitative estimate of drug-likeness (QED) is 0.346. The molecule has 0 N–H and O–H groups in total. The zero-order valence-corrected chi connectivity index (χ0v) is 21.7. The van der Waals surface area contributed by atoms with Crippen LogP contribution in [0.3, 0.4) is 0 Å². The molecule has 2 atom stereocenters. The molecule has 2 aromatic rings. The van der Waals surface area contributed by atoms with Crippen LogP contribution < -0.4 is 4.57 Å². The topological polar surface area (TPSA) is 3.88 Å². The number of nitrogens with zero attached hydrogens (tertiary/aromatic N) is 1. The highest BCUT2D eigenvalue weighted by molar-refractivity contribution is 5.69. The minimum absolute atomic E-state index is 0.0588. The molecule has 1 aromatic heterocycles. The summed E-state index contributed by atoms with van der Waals surface area (Å²) in [4.78, 5) is 0. The number of fused-ring (bicyclic) bond motifs is 4. The summed E-state index contributed by atoms with van der Waals surface area (Å²) in [5.74, 6) is 0. The van der Waals surface area contributed by atoms with Crippen LogP contribution >= 0.6 is 0 Å². The van der Waals surface area contributed by atoms with Crippen LogP contribution in [0.15, 0.2) is 36.5 Å². The second-order valence-electron chi connectivity index (χ2n) is 13.0. The predicted octanol–water partition coefficient (Wildman–Crippen LogP) is 7.82. The first-order valence-electron chi connectivity index (χ1n) is 12.4. The highest BCUT2D eigenvalue weighted by atomic mass is 15.1. The first-order valence-corrected chi connectivity index (χ1v) is 12.4. The molecular formula is C30H44N+. The van der Waals surface area contributed by atoms with E-state index in [9.17, 15) is 0 Å². The van der Waals surface area contributed by atoms with Gasteiger partial charge in [-0.15, -0.1) is 0 Å². The van der Waals surface area contributed by atoms with Crippen LogP contribution in [0.25, 0.3) is 11.3 Å². The molecule has 1 aliphatic heterocycles. The average molecular weight is 419 g/mol. The summed E-state index contributed by atoms with van der Waals surface area (Å²) < 4.78 is 2.59. The SMILES string of the molecule is CCC1(C)c2cc3c(cc2-c2cccc[n+]2C1(C)CC)C(C)(C)CC(C)(C)CC3(C)C. The standard InChI is InChI=1S/C30H44N/c1-11-29(9)22-18-24-23(27(5,6)19-26(3,4)20-28(24,7)8)17-21(22)25-15-13-14-16-31(25)30(29,10)12-2/h13-18H,11-12,19-20H2,1-10H3/q+1. The van der Waals surface area contributed by atoms with E-state index >= 15 is 0 Å². The second-order valence-corrected chi connectivity index (χ2v) is 13.0. The van der Waals surface area contributed by atoms with Crippen molar-refractivity contribution in [2.45, 2.75) is 117 Å². The van der Waals surface area contributed by atoms with E-state index in [1.165, 1.54) is 24.1 Å². The van der Waals surface area contributed by atoms with Gasteiger partial charge < -0.3 is 0 Å². The Morgan fingerprint density at radius 1 is 0.742 bits per heavy atom. The first-order chi connectivity index (χ1) is 14.2. The molecule has 0 amide bonds. The summed E-state index contributed by atoms with van der Waals surface area (Å²) in [5, 5.41) is 0. The van der Waals surface area contributed by atoms with E-state index in [1.54, 1.807) is 16.7 Å². The Labute approximate surface area is 191 Å².